The molecular weight excluding hydrogens is 772 g/mol. The van der Waals surface area contributed by atoms with Crippen molar-refractivity contribution in [2.75, 3.05) is 32.8 Å². The fourth-order valence-corrected chi connectivity index (χ4v) is 8.95. The van der Waals surface area contributed by atoms with Crippen LogP contribution in [0.25, 0.3) is 0 Å². The van der Waals surface area contributed by atoms with Crippen LogP contribution in [0.3, 0.4) is 0 Å². The molecule has 2 saturated heterocycles. The van der Waals surface area contributed by atoms with Gasteiger partial charge in [-0.1, -0.05) is 16.8 Å². The zero-order valence-electron chi connectivity index (χ0n) is 29.4. The number of hydrazine groups is 1. The maximum atomic E-state index is 13.5. The number of halogens is 1. The van der Waals surface area contributed by atoms with E-state index in [4.69, 9.17) is 21.3 Å². The number of carboxylic acid groups (broad SMARTS) is 2. The van der Waals surface area contributed by atoms with Gasteiger partial charge < -0.3 is 30.1 Å². The second-order valence-corrected chi connectivity index (χ2v) is 16.2. The molecule has 1 aromatic heterocycles. The number of carbonyl (C=O) groups excluding carboxylic acids is 4. The van der Waals surface area contributed by atoms with Crippen molar-refractivity contribution < 1.29 is 58.9 Å². The van der Waals surface area contributed by atoms with Crippen molar-refractivity contribution in [2.45, 2.75) is 62.2 Å². The van der Waals surface area contributed by atoms with Crippen LogP contribution >= 0.6 is 34.7 Å². The van der Waals surface area contributed by atoms with Gasteiger partial charge in [0.1, 0.15) is 11.5 Å². The minimum absolute atomic E-state index is 0.0688. The number of carbonyl (C=O) groups is 6. The lowest BCUT2D eigenvalue weighted by Crippen LogP contribution is -2.54. The molecule has 1 aliphatic carbocycles. The van der Waals surface area contributed by atoms with Crippen molar-refractivity contribution in [2.24, 2.45) is 17.0 Å². The number of oxime groups is 1. The number of fused-ring (bicyclic) bond motifs is 1. The number of rotatable bonds is 19. The molecule has 1 saturated carbocycles. The van der Waals surface area contributed by atoms with Crippen molar-refractivity contribution in [1.29, 1.82) is 0 Å². The van der Waals surface area contributed by atoms with E-state index in [0.29, 0.717) is 11.4 Å². The van der Waals surface area contributed by atoms with Crippen LogP contribution in [0.5, 0.6) is 11.5 Å². The number of hydrogen-bond donors (Lipinski definition) is 6. The summed E-state index contributed by atoms with van der Waals surface area (Å²) in [7, 11) is 0. The first-order valence-electron chi connectivity index (χ1n) is 16.8. The number of nitrogens with zero attached hydrogens (tertiary/aromatic N) is 4. The number of thioether (sulfide) groups is 1. The van der Waals surface area contributed by atoms with Gasteiger partial charge in [0.05, 0.1) is 23.2 Å². The lowest BCUT2D eigenvalue weighted by molar-refractivity contribution is -0.161. The minimum Gasteiger partial charge on any atom is -0.504 e. The highest BCUT2D eigenvalue weighted by molar-refractivity contribution is 8.02. The predicted octanol–water partition coefficient (Wildman–Crippen LogP) is 2.59. The number of benzene rings is 1. The molecule has 0 radical (unpaired) electrons. The van der Waals surface area contributed by atoms with E-state index in [-0.39, 0.29) is 85.6 Å². The van der Waals surface area contributed by atoms with Crippen molar-refractivity contribution in [3.8, 4) is 11.5 Å². The van der Waals surface area contributed by atoms with Gasteiger partial charge in [0.2, 0.25) is 5.60 Å². The van der Waals surface area contributed by atoms with E-state index in [0.717, 1.165) is 11.8 Å². The first-order valence-corrected chi connectivity index (χ1v) is 18.9. The van der Waals surface area contributed by atoms with Gasteiger partial charge in [-0.25, -0.2) is 30.3 Å². The summed E-state index contributed by atoms with van der Waals surface area (Å²) in [6, 6.07) is 1.91. The van der Waals surface area contributed by atoms with Crippen molar-refractivity contribution in [3.63, 3.8) is 0 Å². The number of amides is 2. The van der Waals surface area contributed by atoms with E-state index in [1.54, 1.807) is 12.3 Å². The third-order valence-electron chi connectivity index (χ3n) is 9.22. The molecule has 6 N–H and O–H groups in total. The number of ketones is 3. The predicted molar refractivity (Wildman–Crippen MR) is 193 cm³/mol. The Morgan fingerprint density at radius 3 is 2.56 bits per heavy atom. The van der Waals surface area contributed by atoms with Gasteiger partial charge in [0, 0.05) is 66.9 Å². The Bertz CT molecular complexity index is 1870. The standard InChI is InChI=1S/C33H39ClN6O12S2/c1-16-37-20(15-53-16)25(38-52-32(2,3)29(46)47)23(43)13-18-26(44)19-14-33(30(48)49,54-28(18)19)39-10-11-40(31(39)50)35-8-9-36-51-12-4-5-21(41)17-6-7-22(42)27(45)24(17)34/h6-7,15,18-19,28,35-36,42,45H,4-5,8-14H2,1-3H3,(H,46,47)(H,48,49)/b38-25-/t18-,19?,28-,33-/m1/s1. The molecule has 3 aliphatic rings. The first-order chi connectivity index (χ1) is 25.5. The average molecular weight is 811 g/mol. The number of urea groups is 1. The van der Waals surface area contributed by atoms with E-state index < -0.39 is 62.8 Å². The second-order valence-electron chi connectivity index (χ2n) is 13.3. The highest BCUT2D eigenvalue weighted by atomic mass is 35.5. The number of hydrogen-bond acceptors (Lipinski definition) is 16. The number of thiazole rings is 1. The molecule has 18 nitrogen and oxygen atoms in total. The monoisotopic (exact) mass is 810 g/mol. The summed E-state index contributed by atoms with van der Waals surface area (Å²) in [5.41, 5.74) is 3.88. The summed E-state index contributed by atoms with van der Waals surface area (Å²) in [4.78, 5) is 91.3. The SMILES string of the molecule is Cc1nc(/C(=N/OC(C)(C)C(=O)O)C(=O)C[C@@H]2C(=O)C3C[C@@](C(=O)O)(N4CCN(NCCNOCCCC(=O)c5ccc(O)c(O)c5Cl)C4=O)S[C@@H]32)cs1. The molecule has 292 valence electrons. The number of aromatic hydroxyl groups is 2. The van der Waals surface area contributed by atoms with E-state index >= 15 is 0 Å². The number of aliphatic carboxylic acids is 2. The van der Waals surface area contributed by atoms with Crippen LogP contribution in [0, 0.1) is 18.8 Å². The Kier molecular flexibility index (Phi) is 12.5. The van der Waals surface area contributed by atoms with Gasteiger partial charge in [-0.05, 0) is 39.3 Å². The van der Waals surface area contributed by atoms with Crippen LogP contribution < -0.4 is 10.9 Å². The maximum Gasteiger partial charge on any atom is 0.350 e. The van der Waals surface area contributed by atoms with Gasteiger partial charge in [0.15, 0.2) is 33.6 Å². The Morgan fingerprint density at radius 2 is 1.89 bits per heavy atom. The second kappa shape index (κ2) is 16.6. The van der Waals surface area contributed by atoms with Crippen molar-refractivity contribution in [1.82, 2.24) is 25.8 Å². The summed E-state index contributed by atoms with van der Waals surface area (Å²) >= 11 is 8.15. The van der Waals surface area contributed by atoms with Crippen LogP contribution in [0.4, 0.5) is 4.79 Å². The number of carboxylic acids is 2. The molecule has 5 rings (SSSR count). The number of hydroxylamine groups is 1. The number of phenolic OH excluding ortho intramolecular Hbond substituents is 2. The lowest BCUT2D eigenvalue weighted by Gasteiger charge is -2.37. The molecule has 3 fully saturated rings. The molecule has 2 aromatic rings. The van der Waals surface area contributed by atoms with Crippen LogP contribution in [-0.4, -0.2) is 125 Å². The van der Waals surface area contributed by atoms with E-state index in [1.165, 1.54) is 47.2 Å². The topological polar surface area (TPSA) is 258 Å². The smallest absolute Gasteiger partial charge is 0.350 e. The van der Waals surface area contributed by atoms with Gasteiger partial charge >= 0.3 is 18.0 Å². The molecule has 1 unspecified atom stereocenters. The Morgan fingerprint density at radius 1 is 1.15 bits per heavy atom. The van der Waals surface area contributed by atoms with Gasteiger partial charge in [0.25, 0.3) is 0 Å². The first kappa shape index (κ1) is 40.8. The largest absolute Gasteiger partial charge is 0.504 e. The number of phenols is 2. The highest BCUT2D eigenvalue weighted by Gasteiger charge is 2.67. The lowest BCUT2D eigenvalue weighted by atomic mass is 9.68. The van der Waals surface area contributed by atoms with Crippen LogP contribution in [-0.2, 0) is 28.9 Å². The van der Waals surface area contributed by atoms with E-state index in [2.05, 4.69) is 21.0 Å². The summed E-state index contributed by atoms with van der Waals surface area (Å²) in [5.74, 6) is -6.40. The fourth-order valence-electron chi connectivity index (χ4n) is 6.18. The summed E-state index contributed by atoms with van der Waals surface area (Å²) in [6.07, 6.45) is -0.0649. The Hall–Kier alpha value is -4.34. The molecule has 3 heterocycles. The number of Topliss-reactive ketones (excluding diaryl/α,β-unsaturated/α-hetero) is 3. The third kappa shape index (κ3) is 8.32. The molecule has 4 atom stereocenters. The number of aromatic nitrogens is 1. The zero-order valence-corrected chi connectivity index (χ0v) is 31.8. The third-order valence-corrected chi connectivity index (χ3v) is 12.3. The number of nitrogens with one attached hydrogen (secondary N) is 2. The fraction of sp³-hybridized carbons (Fsp3) is 0.515. The normalized spacial score (nSPS) is 22.7. The van der Waals surface area contributed by atoms with Crippen LogP contribution in [0.1, 0.15) is 60.6 Å². The highest BCUT2D eigenvalue weighted by Crippen LogP contribution is 2.59. The molecule has 2 aliphatic heterocycles. The van der Waals surface area contributed by atoms with Crippen molar-refractivity contribution in [3.05, 3.63) is 38.8 Å². The molecule has 21 heteroatoms. The van der Waals surface area contributed by atoms with Gasteiger partial charge in [-0.3, -0.25) is 24.3 Å². The average Bonchev–Trinajstić information content (AvgIpc) is 3.83. The molecule has 1 aromatic carbocycles. The Labute approximate surface area is 321 Å². The molecule has 2 amide bonds. The van der Waals surface area contributed by atoms with E-state index in [1.807, 2.05) is 0 Å². The van der Waals surface area contributed by atoms with E-state index in [9.17, 15) is 49.2 Å². The van der Waals surface area contributed by atoms with Crippen molar-refractivity contribution >= 4 is 75.7 Å². The van der Waals surface area contributed by atoms with Gasteiger partial charge in [-0.2, -0.15) is 0 Å². The molecule has 0 spiro atoms. The van der Waals surface area contributed by atoms with Gasteiger partial charge in [-0.15, -0.1) is 23.1 Å². The zero-order chi connectivity index (χ0) is 39.5. The minimum atomic E-state index is -1.76. The summed E-state index contributed by atoms with van der Waals surface area (Å²) in [5, 5.41) is 45.6. The van der Waals surface area contributed by atoms with Crippen LogP contribution in [0.2, 0.25) is 5.02 Å². The summed E-state index contributed by atoms with van der Waals surface area (Å²) in [6.45, 7) is 5.09. The van der Waals surface area contributed by atoms with Crippen LogP contribution in [0.15, 0.2) is 22.7 Å². The number of aryl methyl sites for hydroxylation is 1. The molecule has 0 bridgehead atoms. The maximum absolute atomic E-state index is 13.5. The summed E-state index contributed by atoms with van der Waals surface area (Å²) < 4.78 is 0. The molecular formula is C33H39ClN6O12S2. The molecule has 54 heavy (non-hydrogen) atoms. The Balaban J connectivity index is 1.11. The quantitative estimate of drug-likeness (QED) is 0.0392.